The number of carbonyl (C=O) groups is 2. The van der Waals surface area contributed by atoms with E-state index in [4.69, 9.17) is 0 Å². The monoisotopic (exact) mass is 289 g/mol. The zero-order chi connectivity index (χ0) is 15.1. The van der Waals surface area contributed by atoms with Crippen molar-refractivity contribution in [3.63, 3.8) is 0 Å². The second kappa shape index (κ2) is 7.78. The van der Waals surface area contributed by atoms with E-state index in [9.17, 15) is 9.59 Å². The predicted octanol–water partition coefficient (Wildman–Crippen LogP) is 0.903. The Balaban J connectivity index is 1.61. The Morgan fingerprint density at radius 3 is 2.52 bits per heavy atom. The molecular formula is C16H23N3O2. The molecule has 1 aromatic carbocycles. The van der Waals surface area contributed by atoms with Crippen LogP contribution in [0.15, 0.2) is 30.3 Å². The minimum absolute atomic E-state index is 0.0795. The molecule has 21 heavy (non-hydrogen) atoms. The Morgan fingerprint density at radius 1 is 1.19 bits per heavy atom. The molecule has 0 atom stereocenters. The van der Waals surface area contributed by atoms with Crippen LogP contribution < -0.4 is 10.6 Å². The molecule has 0 unspecified atom stereocenters. The minimum atomic E-state index is -0.0962. The predicted molar refractivity (Wildman–Crippen MR) is 81.6 cm³/mol. The number of hydrogen-bond acceptors (Lipinski definition) is 3. The largest absolute Gasteiger partial charge is 0.351 e. The minimum Gasteiger partial charge on any atom is -0.351 e. The van der Waals surface area contributed by atoms with Crippen LogP contribution in [-0.4, -0.2) is 42.4 Å². The second-order valence-corrected chi connectivity index (χ2v) is 5.28. The van der Waals surface area contributed by atoms with Crippen molar-refractivity contribution in [3.05, 3.63) is 35.9 Å². The van der Waals surface area contributed by atoms with Crippen molar-refractivity contribution >= 4 is 11.8 Å². The van der Waals surface area contributed by atoms with Crippen LogP contribution in [0.1, 0.15) is 25.3 Å². The van der Waals surface area contributed by atoms with E-state index in [-0.39, 0.29) is 24.9 Å². The van der Waals surface area contributed by atoms with Crippen LogP contribution in [-0.2, 0) is 16.1 Å². The standard InChI is InChI=1S/C16H23N3O2/c1-2-19(14-8-9-14)16(21)12-17-11-15(20)18-10-13-6-4-3-5-7-13/h3-7,14,17H,2,8-12H2,1H3,(H,18,20). The molecule has 2 N–H and O–H groups in total. The Labute approximate surface area is 125 Å². The quantitative estimate of drug-likeness (QED) is 0.747. The van der Waals surface area contributed by atoms with Crippen LogP contribution in [0.2, 0.25) is 0 Å². The molecule has 0 heterocycles. The number of hydrogen-bond donors (Lipinski definition) is 2. The number of rotatable bonds is 8. The highest BCUT2D eigenvalue weighted by molar-refractivity contribution is 5.81. The normalized spacial score (nSPS) is 13.8. The third kappa shape index (κ3) is 5.19. The van der Waals surface area contributed by atoms with E-state index >= 15 is 0 Å². The number of nitrogens with one attached hydrogen (secondary N) is 2. The topological polar surface area (TPSA) is 61.4 Å². The first-order valence-corrected chi connectivity index (χ1v) is 7.51. The Hall–Kier alpha value is -1.88. The summed E-state index contributed by atoms with van der Waals surface area (Å²) < 4.78 is 0. The van der Waals surface area contributed by atoms with Gasteiger partial charge in [0.1, 0.15) is 0 Å². The third-order valence-corrected chi connectivity index (χ3v) is 3.54. The summed E-state index contributed by atoms with van der Waals surface area (Å²) in [5.74, 6) is -0.0167. The molecule has 1 aromatic rings. The van der Waals surface area contributed by atoms with E-state index in [1.807, 2.05) is 42.2 Å². The van der Waals surface area contributed by atoms with Gasteiger partial charge in [0.25, 0.3) is 0 Å². The summed E-state index contributed by atoms with van der Waals surface area (Å²) in [6.07, 6.45) is 2.22. The van der Waals surface area contributed by atoms with Gasteiger partial charge in [-0.15, -0.1) is 0 Å². The fourth-order valence-electron chi connectivity index (χ4n) is 2.27. The first-order valence-electron chi connectivity index (χ1n) is 7.51. The lowest BCUT2D eigenvalue weighted by Crippen LogP contribution is -2.42. The fraction of sp³-hybridized carbons (Fsp3) is 0.500. The molecule has 1 aliphatic carbocycles. The maximum absolute atomic E-state index is 11.9. The van der Waals surface area contributed by atoms with Gasteiger partial charge < -0.3 is 10.2 Å². The van der Waals surface area contributed by atoms with Gasteiger partial charge >= 0.3 is 0 Å². The molecule has 0 bridgehead atoms. The van der Waals surface area contributed by atoms with Crippen LogP contribution in [0, 0.1) is 0 Å². The lowest BCUT2D eigenvalue weighted by molar-refractivity contribution is -0.130. The highest BCUT2D eigenvalue weighted by Crippen LogP contribution is 2.26. The molecule has 2 rings (SSSR count). The number of benzene rings is 1. The van der Waals surface area contributed by atoms with Crippen LogP contribution in [0.25, 0.3) is 0 Å². The summed E-state index contributed by atoms with van der Waals surface area (Å²) in [6.45, 7) is 3.64. The summed E-state index contributed by atoms with van der Waals surface area (Å²) >= 11 is 0. The molecule has 0 aromatic heterocycles. The Bertz CT molecular complexity index is 472. The lowest BCUT2D eigenvalue weighted by atomic mass is 10.2. The highest BCUT2D eigenvalue weighted by atomic mass is 16.2. The molecule has 0 aliphatic heterocycles. The maximum Gasteiger partial charge on any atom is 0.236 e. The van der Waals surface area contributed by atoms with E-state index in [0.717, 1.165) is 24.9 Å². The van der Waals surface area contributed by atoms with Gasteiger partial charge in [0.05, 0.1) is 13.1 Å². The number of likely N-dealkylation sites (N-methyl/N-ethyl adjacent to an activating group) is 1. The molecular weight excluding hydrogens is 266 g/mol. The van der Waals surface area contributed by atoms with Crippen LogP contribution in [0.3, 0.4) is 0 Å². The third-order valence-electron chi connectivity index (χ3n) is 3.54. The van der Waals surface area contributed by atoms with E-state index in [1.165, 1.54) is 0 Å². The van der Waals surface area contributed by atoms with Gasteiger partial charge in [-0.05, 0) is 25.3 Å². The van der Waals surface area contributed by atoms with Crippen LogP contribution >= 0.6 is 0 Å². The van der Waals surface area contributed by atoms with E-state index in [2.05, 4.69) is 10.6 Å². The van der Waals surface area contributed by atoms with Crippen molar-refractivity contribution in [2.24, 2.45) is 0 Å². The van der Waals surface area contributed by atoms with Crippen molar-refractivity contribution in [1.29, 1.82) is 0 Å². The average molecular weight is 289 g/mol. The smallest absolute Gasteiger partial charge is 0.236 e. The molecule has 1 fully saturated rings. The summed E-state index contributed by atoms with van der Waals surface area (Å²) in [5, 5.41) is 5.74. The zero-order valence-corrected chi connectivity index (χ0v) is 12.5. The Morgan fingerprint density at radius 2 is 1.90 bits per heavy atom. The van der Waals surface area contributed by atoms with Gasteiger partial charge in [0.2, 0.25) is 11.8 Å². The van der Waals surface area contributed by atoms with E-state index in [0.29, 0.717) is 12.6 Å². The van der Waals surface area contributed by atoms with Gasteiger partial charge in [-0.25, -0.2) is 0 Å². The molecule has 2 amide bonds. The SMILES string of the molecule is CCN(C(=O)CNCC(=O)NCc1ccccc1)C1CC1. The number of nitrogens with zero attached hydrogens (tertiary/aromatic N) is 1. The van der Waals surface area contributed by atoms with Gasteiger partial charge in [-0.3, -0.25) is 14.9 Å². The zero-order valence-electron chi connectivity index (χ0n) is 12.5. The summed E-state index contributed by atoms with van der Waals surface area (Å²) in [4.78, 5) is 25.5. The van der Waals surface area contributed by atoms with Gasteiger partial charge in [0, 0.05) is 19.1 Å². The average Bonchev–Trinajstić information content (AvgIpc) is 3.32. The van der Waals surface area contributed by atoms with Crippen molar-refractivity contribution in [2.45, 2.75) is 32.4 Å². The van der Waals surface area contributed by atoms with E-state index in [1.54, 1.807) is 0 Å². The number of amides is 2. The first-order chi connectivity index (χ1) is 10.2. The molecule has 114 valence electrons. The van der Waals surface area contributed by atoms with Crippen molar-refractivity contribution in [3.8, 4) is 0 Å². The molecule has 0 saturated heterocycles. The molecule has 1 aliphatic rings. The van der Waals surface area contributed by atoms with Crippen LogP contribution in [0.5, 0.6) is 0 Å². The Kier molecular flexibility index (Phi) is 5.75. The summed E-state index contributed by atoms with van der Waals surface area (Å²) in [6, 6.07) is 10.2. The molecule has 0 spiro atoms. The van der Waals surface area contributed by atoms with Crippen molar-refractivity contribution in [1.82, 2.24) is 15.5 Å². The molecule has 0 radical (unpaired) electrons. The van der Waals surface area contributed by atoms with Gasteiger partial charge in [-0.1, -0.05) is 30.3 Å². The maximum atomic E-state index is 11.9. The van der Waals surface area contributed by atoms with Crippen LogP contribution in [0.4, 0.5) is 0 Å². The molecule has 5 heteroatoms. The highest BCUT2D eigenvalue weighted by Gasteiger charge is 2.30. The molecule has 1 saturated carbocycles. The van der Waals surface area contributed by atoms with Gasteiger partial charge in [-0.2, -0.15) is 0 Å². The number of carbonyl (C=O) groups excluding carboxylic acids is 2. The van der Waals surface area contributed by atoms with Crippen molar-refractivity contribution < 1.29 is 9.59 Å². The van der Waals surface area contributed by atoms with Crippen molar-refractivity contribution in [2.75, 3.05) is 19.6 Å². The molecule has 5 nitrogen and oxygen atoms in total. The lowest BCUT2D eigenvalue weighted by Gasteiger charge is -2.20. The first kappa shape index (κ1) is 15.5. The fourth-order valence-corrected chi connectivity index (χ4v) is 2.27. The summed E-state index contributed by atoms with van der Waals surface area (Å²) in [5.41, 5.74) is 1.06. The van der Waals surface area contributed by atoms with Gasteiger partial charge in [0.15, 0.2) is 0 Å². The second-order valence-electron chi connectivity index (χ2n) is 5.28. The summed E-state index contributed by atoms with van der Waals surface area (Å²) in [7, 11) is 0. The van der Waals surface area contributed by atoms with E-state index < -0.39 is 0 Å².